The third kappa shape index (κ3) is 5.14. The molecule has 1 aromatic heterocycles. The van der Waals surface area contributed by atoms with Gasteiger partial charge in [-0.2, -0.15) is 26.3 Å². The molecule has 1 N–H and O–H groups in total. The van der Waals surface area contributed by atoms with E-state index >= 15 is 0 Å². The Kier molecular flexibility index (Phi) is 6.61. The number of H-pyrrole nitrogens is 1. The highest BCUT2D eigenvalue weighted by atomic mass is 32.2. The summed E-state index contributed by atoms with van der Waals surface area (Å²) in [6.45, 7) is 6.56. The first kappa shape index (κ1) is 25.0. The van der Waals surface area contributed by atoms with E-state index in [0.29, 0.717) is 22.4 Å². The summed E-state index contributed by atoms with van der Waals surface area (Å²) in [5, 5.41) is 0. The molecule has 3 rings (SSSR count). The molecule has 0 unspecified atom stereocenters. The van der Waals surface area contributed by atoms with Crippen LogP contribution in [0, 0.1) is 0 Å². The van der Waals surface area contributed by atoms with Crippen LogP contribution < -0.4 is 0 Å². The van der Waals surface area contributed by atoms with Gasteiger partial charge in [0.25, 0.3) is 9.84 Å². The number of hydrogen-bond acceptors (Lipinski definition) is 3. The number of aromatic nitrogens is 2. The van der Waals surface area contributed by atoms with Crippen molar-refractivity contribution in [3.05, 3.63) is 90.3 Å². The Bertz CT molecular complexity index is 1410. The molecule has 0 aliphatic heterocycles. The molecule has 0 aliphatic carbocycles. The first-order valence-electron chi connectivity index (χ1n) is 9.43. The molecule has 4 nitrogen and oxygen atoms in total. The fourth-order valence-electron chi connectivity index (χ4n) is 2.98. The number of imidazole rings is 1. The van der Waals surface area contributed by atoms with E-state index in [1.165, 1.54) is 54.6 Å². The molecule has 0 saturated carbocycles. The third-order valence-corrected chi connectivity index (χ3v) is 6.19. The molecule has 0 spiro atoms. The molecule has 0 amide bonds. The fourth-order valence-corrected chi connectivity index (χ4v) is 3.75. The predicted molar refractivity (Wildman–Crippen MR) is 118 cm³/mol. The zero-order chi connectivity index (χ0) is 25.3. The summed E-state index contributed by atoms with van der Waals surface area (Å²) in [6.07, 6.45) is 0.777. The summed E-state index contributed by atoms with van der Waals surface area (Å²) < 4.78 is 100. The van der Waals surface area contributed by atoms with E-state index in [0.717, 1.165) is 12.1 Å². The zero-order valence-electron chi connectivity index (χ0n) is 17.2. The lowest BCUT2D eigenvalue weighted by atomic mass is 9.97. The van der Waals surface area contributed by atoms with Crippen LogP contribution in [0.4, 0.5) is 26.3 Å². The molecule has 2 aromatic carbocycles. The number of nitrogens with one attached hydrogen (secondary N) is 1. The van der Waals surface area contributed by atoms with Gasteiger partial charge in [-0.25, -0.2) is 13.4 Å². The van der Waals surface area contributed by atoms with Crippen molar-refractivity contribution in [2.24, 2.45) is 0 Å². The standard InChI is InChI=1S/C23H16F6N2O2S/c1-3-4-18(14(2)22(24,25)26)16-8-11-19-20(13-16)31-21(30-19)12-7-15-5-9-17(10-6-15)34(32,33)23(27,28)29/h3-13H,1-2H2,(H,30,31)/b12-7+,18-4+. The molecule has 0 atom stereocenters. The molecule has 0 aliphatic rings. The summed E-state index contributed by atoms with van der Waals surface area (Å²) in [4.78, 5) is 6.34. The number of fused-ring (bicyclic) bond motifs is 1. The van der Waals surface area contributed by atoms with E-state index in [-0.39, 0.29) is 11.1 Å². The highest BCUT2D eigenvalue weighted by Gasteiger charge is 2.46. The first-order valence-corrected chi connectivity index (χ1v) is 10.9. The number of rotatable bonds is 6. The molecule has 178 valence electrons. The number of alkyl halides is 6. The van der Waals surface area contributed by atoms with Crippen LogP contribution in [0.5, 0.6) is 0 Å². The normalized spacial score (nSPS) is 13.5. The number of hydrogen-bond donors (Lipinski definition) is 1. The molecular weight excluding hydrogens is 482 g/mol. The van der Waals surface area contributed by atoms with Crippen molar-refractivity contribution in [1.29, 1.82) is 0 Å². The molecule has 34 heavy (non-hydrogen) atoms. The van der Waals surface area contributed by atoms with E-state index in [4.69, 9.17) is 0 Å². The Morgan fingerprint density at radius 2 is 1.62 bits per heavy atom. The van der Waals surface area contributed by atoms with Crippen LogP contribution in [0.2, 0.25) is 0 Å². The van der Waals surface area contributed by atoms with Gasteiger partial charge in [0.05, 0.1) is 21.5 Å². The highest BCUT2D eigenvalue weighted by Crippen LogP contribution is 2.36. The van der Waals surface area contributed by atoms with Crippen molar-refractivity contribution in [1.82, 2.24) is 9.97 Å². The van der Waals surface area contributed by atoms with Crippen molar-refractivity contribution in [2.45, 2.75) is 16.6 Å². The summed E-state index contributed by atoms with van der Waals surface area (Å²) in [6, 6.07) is 8.54. The van der Waals surface area contributed by atoms with Crippen molar-refractivity contribution in [3.8, 4) is 0 Å². The quantitative estimate of drug-likeness (QED) is 0.303. The van der Waals surface area contributed by atoms with Crippen molar-refractivity contribution in [2.75, 3.05) is 0 Å². The van der Waals surface area contributed by atoms with Gasteiger partial charge in [0.2, 0.25) is 0 Å². The van der Waals surface area contributed by atoms with Crippen LogP contribution >= 0.6 is 0 Å². The molecule has 3 aromatic rings. The molecule has 1 heterocycles. The van der Waals surface area contributed by atoms with Crippen molar-refractivity contribution < 1.29 is 34.8 Å². The van der Waals surface area contributed by atoms with Crippen LogP contribution in [0.1, 0.15) is 17.0 Å². The monoisotopic (exact) mass is 498 g/mol. The van der Waals surface area contributed by atoms with Crippen LogP contribution in [-0.4, -0.2) is 30.1 Å². The van der Waals surface area contributed by atoms with Crippen LogP contribution in [0.3, 0.4) is 0 Å². The second-order valence-electron chi connectivity index (χ2n) is 7.00. The largest absolute Gasteiger partial charge is 0.501 e. The average Bonchev–Trinajstić information content (AvgIpc) is 3.16. The maximum Gasteiger partial charge on any atom is 0.501 e. The molecule has 0 saturated heterocycles. The number of allylic oxidation sites excluding steroid dienone is 4. The Balaban J connectivity index is 1.88. The average molecular weight is 498 g/mol. The minimum Gasteiger partial charge on any atom is -0.338 e. The first-order chi connectivity index (χ1) is 15.7. The summed E-state index contributed by atoms with van der Waals surface area (Å²) in [7, 11) is -5.44. The Labute approximate surface area is 190 Å². The number of nitrogens with zero attached hydrogens (tertiary/aromatic N) is 1. The SMILES string of the molecule is C=C/C=C(\C(=C)C(F)(F)F)c1ccc2nc(/C=C/c3ccc(S(=O)(=O)C(F)(F)F)cc3)[nH]c2c1. The Hall–Kier alpha value is -3.60. The summed E-state index contributed by atoms with van der Waals surface area (Å²) in [5.41, 5.74) is -5.02. The summed E-state index contributed by atoms with van der Waals surface area (Å²) >= 11 is 0. The van der Waals surface area contributed by atoms with E-state index < -0.39 is 32.0 Å². The van der Waals surface area contributed by atoms with Crippen molar-refractivity contribution in [3.63, 3.8) is 0 Å². The second-order valence-corrected chi connectivity index (χ2v) is 8.94. The minimum atomic E-state index is -5.44. The van der Waals surface area contributed by atoms with Gasteiger partial charge in [0.1, 0.15) is 5.82 Å². The van der Waals surface area contributed by atoms with Crippen molar-refractivity contribution >= 4 is 38.6 Å². The van der Waals surface area contributed by atoms with Gasteiger partial charge >= 0.3 is 11.7 Å². The van der Waals surface area contributed by atoms with Gasteiger partial charge in [0.15, 0.2) is 0 Å². The summed E-state index contributed by atoms with van der Waals surface area (Å²) in [5.74, 6) is 0.322. The smallest absolute Gasteiger partial charge is 0.338 e. The second kappa shape index (κ2) is 8.98. The lowest BCUT2D eigenvalue weighted by Gasteiger charge is -2.14. The van der Waals surface area contributed by atoms with E-state index in [9.17, 15) is 34.8 Å². The van der Waals surface area contributed by atoms with E-state index in [2.05, 4.69) is 23.1 Å². The number of sulfone groups is 1. The van der Waals surface area contributed by atoms with Gasteiger partial charge in [-0.05, 0) is 47.0 Å². The highest BCUT2D eigenvalue weighted by molar-refractivity contribution is 7.92. The maximum atomic E-state index is 13.1. The van der Waals surface area contributed by atoms with Gasteiger partial charge in [-0.1, -0.05) is 49.6 Å². The van der Waals surface area contributed by atoms with E-state index in [1.807, 2.05) is 0 Å². The van der Waals surface area contributed by atoms with E-state index in [1.54, 1.807) is 0 Å². The lowest BCUT2D eigenvalue weighted by molar-refractivity contribution is -0.0867. The zero-order valence-corrected chi connectivity index (χ0v) is 18.0. The van der Waals surface area contributed by atoms with Gasteiger partial charge in [-0.15, -0.1) is 0 Å². The Morgan fingerprint density at radius 1 is 0.971 bits per heavy atom. The van der Waals surface area contributed by atoms with Gasteiger partial charge in [0, 0.05) is 0 Å². The van der Waals surface area contributed by atoms with Crippen LogP contribution in [0.25, 0.3) is 28.8 Å². The van der Waals surface area contributed by atoms with Crippen LogP contribution in [-0.2, 0) is 9.84 Å². The lowest BCUT2D eigenvalue weighted by Crippen LogP contribution is -2.23. The third-order valence-electron chi connectivity index (χ3n) is 4.69. The predicted octanol–water partition coefficient (Wildman–Crippen LogP) is 6.71. The number of aromatic amines is 1. The molecular formula is C23H16F6N2O2S. The number of benzene rings is 2. The van der Waals surface area contributed by atoms with Gasteiger partial charge < -0.3 is 4.98 Å². The molecule has 0 radical (unpaired) electrons. The fraction of sp³-hybridized carbons (Fsp3) is 0.0870. The molecule has 0 fully saturated rings. The van der Waals surface area contributed by atoms with Crippen LogP contribution in [0.15, 0.2) is 78.2 Å². The Morgan fingerprint density at radius 3 is 2.18 bits per heavy atom. The minimum absolute atomic E-state index is 0.148. The van der Waals surface area contributed by atoms with Gasteiger partial charge in [-0.3, -0.25) is 0 Å². The maximum absolute atomic E-state index is 13.1. The molecule has 11 heteroatoms. The number of halogens is 6. The topological polar surface area (TPSA) is 62.8 Å². The molecule has 0 bridgehead atoms.